The van der Waals surface area contributed by atoms with Gasteiger partial charge in [0.2, 0.25) is 10.0 Å². The van der Waals surface area contributed by atoms with Gasteiger partial charge in [0.05, 0.1) is 13.4 Å². The molecule has 8 heteroatoms. The van der Waals surface area contributed by atoms with Crippen LogP contribution in [0.3, 0.4) is 0 Å². The highest BCUT2D eigenvalue weighted by molar-refractivity contribution is 7.88. The number of benzene rings is 1. The Bertz CT molecular complexity index is 698. The molecule has 2 rings (SSSR count). The molecule has 26 heavy (non-hydrogen) atoms. The van der Waals surface area contributed by atoms with Crippen molar-refractivity contribution in [1.29, 1.82) is 0 Å². The molecule has 0 bridgehead atoms. The number of para-hydroxylation sites is 1. The van der Waals surface area contributed by atoms with Crippen LogP contribution in [0.1, 0.15) is 18.4 Å². The van der Waals surface area contributed by atoms with Crippen LogP contribution in [-0.2, 0) is 16.4 Å². The summed E-state index contributed by atoms with van der Waals surface area (Å²) in [5, 5.41) is 6.67. The second kappa shape index (κ2) is 9.78. The van der Waals surface area contributed by atoms with E-state index in [1.807, 2.05) is 18.2 Å². The number of piperidine rings is 1. The standard InChI is InChI=1S/C18H30N4O3S/c1-19-18(20-11-8-16-6-4-5-7-17(16)25-2)21-14-15-9-12-22(13-10-15)26(3,23)24/h4-7,15H,8-14H2,1-3H3,(H2,19,20,21). The number of aliphatic imine (C=N–C) groups is 1. The second-order valence-corrected chi connectivity index (χ2v) is 8.53. The molecule has 2 N–H and O–H groups in total. The molecule has 1 aliphatic heterocycles. The summed E-state index contributed by atoms with van der Waals surface area (Å²) in [4.78, 5) is 4.26. The predicted molar refractivity (Wildman–Crippen MR) is 105 cm³/mol. The molecule has 1 saturated heterocycles. The van der Waals surface area contributed by atoms with Crippen LogP contribution in [0.25, 0.3) is 0 Å². The van der Waals surface area contributed by atoms with Crippen molar-refractivity contribution in [2.45, 2.75) is 19.3 Å². The van der Waals surface area contributed by atoms with Crippen LogP contribution in [0, 0.1) is 5.92 Å². The molecule has 1 fully saturated rings. The minimum absolute atomic E-state index is 0.459. The van der Waals surface area contributed by atoms with Gasteiger partial charge < -0.3 is 15.4 Å². The number of hydrogen-bond acceptors (Lipinski definition) is 4. The van der Waals surface area contributed by atoms with Crippen LogP contribution in [0.5, 0.6) is 5.75 Å². The quantitative estimate of drug-likeness (QED) is 0.545. The molecule has 1 aliphatic rings. The molecule has 0 radical (unpaired) electrons. The summed E-state index contributed by atoms with van der Waals surface area (Å²) in [7, 11) is 0.374. The van der Waals surface area contributed by atoms with Gasteiger partial charge >= 0.3 is 0 Å². The first-order chi connectivity index (χ1) is 12.4. The molecule has 0 aromatic heterocycles. The molecule has 7 nitrogen and oxygen atoms in total. The maximum Gasteiger partial charge on any atom is 0.211 e. The maximum atomic E-state index is 11.6. The minimum atomic E-state index is -3.06. The van der Waals surface area contributed by atoms with Gasteiger partial charge in [0, 0.05) is 33.2 Å². The topological polar surface area (TPSA) is 83.0 Å². The number of hydrogen-bond donors (Lipinski definition) is 2. The van der Waals surface area contributed by atoms with E-state index in [0.29, 0.717) is 19.0 Å². The zero-order valence-electron chi connectivity index (χ0n) is 15.9. The Kier molecular flexibility index (Phi) is 7.71. The lowest BCUT2D eigenvalue weighted by Gasteiger charge is -2.30. The lowest BCUT2D eigenvalue weighted by atomic mass is 9.98. The van der Waals surface area contributed by atoms with E-state index in [-0.39, 0.29) is 0 Å². The molecule has 1 aromatic carbocycles. The van der Waals surface area contributed by atoms with Gasteiger partial charge in [-0.15, -0.1) is 0 Å². The molecular formula is C18H30N4O3S. The monoisotopic (exact) mass is 382 g/mol. The van der Waals surface area contributed by atoms with Crippen LogP contribution >= 0.6 is 0 Å². The number of ether oxygens (including phenoxy) is 1. The zero-order valence-corrected chi connectivity index (χ0v) is 16.7. The lowest BCUT2D eigenvalue weighted by Crippen LogP contribution is -2.44. The Labute approximate surface area is 156 Å². The van der Waals surface area contributed by atoms with Gasteiger partial charge in [-0.25, -0.2) is 12.7 Å². The molecule has 0 amide bonds. The van der Waals surface area contributed by atoms with Gasteiger partial charge in [0.15, 0.2) is 5.96 Å². The van der Waals surface area contributed by atoms with Crippen molar-refractivity contribution in [3.05, 3.63) is 29.8 Å². The van der Waals surface area contributed by atoms with Crippen molar-refractivity contribution >= 4 is 16.0 Å². The van der Waals surface area contributed by atoms with E-state index in [0.717, 1.165) is 49.6 Å². The SMILES string of the molecule is CN=C(NCCc1ccccc1OC)NCC1CCN(S(C)(=O)=O)CC1. The van der Waals surface area contributed by atoms with Crippen molar-refractivity contribution in [1.82, 2.24) is 14.9 Å². The molecule has 0 spiro atoms. The number of nitrogens with zero attached hydrogens (tertiary/aromatic N) is 2. The highest BCUT2D eigenvalue weighted by Gasteiger charge is 2.24. The van der Waals surface area contributed by atoms with Gasteiger partial charge in [0.1, 0.15) is 5.75 Å². The fourth-order valence-electron chi connectivity index (χ4n) is 3.13. The third kappa shape index (κ3) is 6.17. The molecule has 0 saturated carbocycles. The van der Waals surface area contributed by atoms with Gasteiger partial charge in [0.25, 0.3) is 0 Å². The number of guanidine groups is 1. The van der Waals surface area contributed by atoms with Crippen molar-refractivity contribution in [3.63, 3.8) is 0 Å². The summed E-state index contributed by atoms with van der Waals surface area (Å²) >= 11 is 0. The van der Waals surface area contributed by atoms with Gasteiger partial charge in [-0.2, -0.15) is 0 Å². The second-order valence-electron chi connectivity index (χ2n) is 6.55. The van der Waals surface area contributed by atoms with E-state index in [4.69, 9.17) is 4.74 Å². The molecule has 1 heterocycles. The summed E-state index contributed by atoms with van der Waals surface area (Å²) in [6.07, 6.45) is 3.87. The van der Waals surface area contributed by atoms with E-state index in [1.165, 1.54) is 6.26 Å². The Morgan fingerprint density at radius 1 is 1.27 bits per heavy atom. The van der Waals surface area contributed by atoms with Gasteiger partial charge in [-0.1, -0.05) is 18.2 Å². The fourth-order valence-corrected chi connectivity index (χ4v) is 4.01. The lowest BCUT2D eigenvalue weighted by molar-refractivity contribution is 0.275. The zero-order chi connectivity index (χ0) is 19.0. The van der Waals surface area contributed by atoms with Crippen LogP contribution in [0.4, 0.5) is 0 Å². The minimum Gasteiger partial charge on any atom is -0.496 e. The van der Waals surface area contributed by atoms with E-state index >= 15 is 0 Å². The molecule has 146 valence electrons. The Balaban J connectivity index is 1.72. The molecule has 0 aliphatic carbocycles. The first kappa shape index (κ1) is 20.5. The molecule has 1 aromatic rings. The molecule has 0 atom stereocenters. The first-order valence-corrected chi connectivity index (χ1v) is 10.8. The highest BCUT2D eigenvalue weighted by atomic mass is 32.2. The number of methoxy groups -OCH3 is 1. The Morgan fingerprint density at radius 3 is 2.58 bits per heavy atom. The van der Waals surface area contributed by atoms with Crippen molar-refractivity contribution < 1.29 is 13.2 Å². The molecular weight excluding hydrogens is 352 g/mol. The van der Waals surface area contributed by atoms with E-state index in [9.17, 15) is 8.42 Å². The third-order valence-corrected chi connectivity index (χ3v) is 6.01. The van der Waals surface area contributed by atoms with Crippen molar-refractivity contribution in [3.8, 4) is 5.75 Å². The fraction of sp³-hybridized carbons (Fsp3) is 0.611. The largest absolute Gasteiger partial charge is 0.496 e. The summed E-state index contributed by atoms with van der Waals surface area (Å²) in [5.74, 6) is 2.13. The number of rotatable bonds is 7. The summed E-state index contributed by atoms with van der Waals surface area (Å²) in [5.41, 5.74) is 1.16. The Hall–Kier alpha value is -1.80. The summed E-state index contributed by atoms with van der Waals surface area (Å²) < 4.78 is 30.0. The van der Waals surface area contributed by atoms with Crippen LogP contribution in [0.2, 0.25) is 0 Å². The van der Waals surface area contributed by atoms with Crippen LogP contribution < -0.4 is 15.4 Å². The Morgan fingerprint density at radius 2 is 1.96 bits per heavy atom. The van der Waals surface area contributed by atoms with Crippen LogP contribution in [-0.4, -0.2) is 65.3 Å². The van der Waals surface area contributed by atoms with E-state index < -0.39 is 10.0 Å². The highest BCUT2D eigenvalue weighted by Crippen LogP contribution is 2.18. The first-order valence-electron chi connectivity index (χ1n) is 8.95. The van der Waals surface area contributed by atoms with Gasteiger partial charge in [-0.05, 0) is 36.8 Å². The third-order valence-electron chi connectivity index (χ3n) is 4.70. The molecule has 0 unspecified atom stereocenters. The average Bonchev–Trinajstić information content (AvgIpc) is 2.64. The predicted octanol–water partition coefficient (Wildman–Crippen LogP) is 1.07. The smallest absolute Gasteiger partial charge is 0.211 e. The van der Waals surface area contributed by atoms with Crippen LogP contribution in [0.15, 0.2) is 29.3 Å². The van der Waals surface area contributed by atoms with Gasteiger partial charge in [-0.3, -0.25) is 4.99 Å². The average molecular weight is 383 g/mol. The normalized spacial score (nSPS) is 17.1. The van der Waals surface area contributed by atoms with Crippen molar-refractivity contribution in [2.24, 2.45) is 10.9 Å². The van der Waals surface area contributed by atoms with Crippen molar-refractivity contribution in [2.75, 3.05) is 46.6 Å². The summed E-state index contributed by atoms with van der Waals surface area (Å²) in [6, 6.07) is 8.00. The number of sulfonamides is 1. The van der Waals surface area contributed by atoms with E-state index in [1.54, 1.807) is 18.5 Å². The summed E-state index contributed by atoms with van der Waals surface area (Å²) in [6.45, 7) is 2.76. The maximum absolute atomic E-state index is 11.6. The van der Waals surface area contributed by atoms with E-state index in [2.05, 4.69) is 21.7 Å². The number of nitrogens with one attached hydrogen (secondary N) is 2.